The second-order valence-electron chi connectivity index (χ2n) is 7.19. The van der Waals surface area contributed by atoms with Gasteiger partial charge in [0.15, 0.2) is 5.82 Å². The van der Waals surface area contributed by atoms with Gasteiger partial charge in [0.05, 0.1) is 5.75 Å². The van der Waals surface area contributed by atoms with Crippen molar-refractivity contribution in [3.63, 3.8) is 0 Å². The minimum atomic E-state index is 0.118. The summed E-state index contributed by atoms with van der Waals surface area (Å²) in [6.07, 6.45) is 0. The lowest BCUT2D eigenvalue weighted by molar-refractivity contribution is 0.382. The molecule has 0 N–H and O–H groups in total. The molecule has 0 unspecified atom stereocenters. The maximum atomic E-state index is 5.72. The summed E-state index contributed by atoms with van der Waals surface area (Å²) in [6.45, 7) is 10.6. The summed E-state index contributed by atoms with van der Waals surface area (Å²) in [4.78, 5) is 4.33. The fourth-order valence-corrected chi connectivity index (χ4v) is 2.78. The van der Waals surface area contributed by atoms with Crippen molar-refractivity contribution in [1.82, 2.24) is 20.3 Å². The van der Waals surface area contributed by atoms with Crippen LogP contribution in [0.3, 0.4) is 0 Å². The van der Waals surface area contributed by atoms with E-state index in [-0.39, 0.29) is 11.3 Å². The first-order chi connectivity index (χ1) is 11.8. The molecule has 0 atom stereocenters. The predicted molar refractivity (Wildman–Crippen MR) is 96.4 cm³/mol. The monoisotopic (exact) mass is 358 g/mol. The number of nitrogens with zero attached hydrogens (tertiary/aromatic N) is 4. The number of benzene rings is 1. The quantitative estimate of drug-likeness (QED) is 0.604. The molecule has 3 rings (SSSR count). The Morgan fingerprint density at radius 1 is 1.08 bits per heavy atom. The molecule has 0 radical (unpaired) electrons. The zero-order valence-corrected chi connectivity index (χ0v) is 15.9. The van der Waals surface area contributed by atoms with E-state index >= 15 is 0 Å². The van der Waals surface area contributed by atoms with Gasteiger partial charge >= 0.3 is 0 Å². The summed E-state index contributed by atoms with van der Waals surface area (Å²) in [6, 6.07) is 8.21. The molecule has 25 heavy (non-hydrogen) atoms. The second kappa shape index (κ2) is 7.00. The van der Waals surface area contributed by atoms with Crippen LogP contribution in [-0.4, -0.2) is 20.3 Å². The Morgan fingerprint density at radius 2 is 1.80 bits per heavy atom. The van der Waals surface area contributed by atoms with Crippen LogP contribution in [0.25, 0.3) is 11.5 Å². The van der Waals surface area contributed by atoms with E-state index in [1.165, 1.54) is 17.3 Å². The topological polar surface area (TPSA) is 77.8 Å². The first-order valence-corrected chi connectivity index (χ1v) is 9.21. The minimum Gasteiger partial charge on any atom is -0.411 e. The van der Waals surface area contributed by atoms with Crippen molar-refractivity contribution in [2.24, 2.45) is 0 Å². The van der Waals surface area contributed by atoms with E-state index in [0.29, 0.717) is 28.6 Å². The molecule has 0 saturated carbocycles. The molecule has 6 nitrogen and oxygen atoms in total. The Morgan fingerprint density at radius 3 is 2.40 bits per heavy atom. The molecule has 7 heteroatoms. The van der Waals surface area contributed by atoms with E-state index in [0.717, 1.165) is 5.56 Å². The lowest BCUT2D eigenvalue weighted by Crippen LogP contribution is -2.10. The molecular formula is C18H22N4O2S. The van der Waals surface area contributed by atoms with Crippen LogP contribution < -0.4 is 0 Å². The van der Waals surface area contributed by atoms with Gasteiger partial charge in [-0.05, 0) is 23.1 Å². The molecule has 0 spiro atoms. The molecule has 0 bridgehead atoms. The molecule has 1 aromatic carbocycles. The molecule has 132 valence electrons. The highest BCUT2D eigenvalue weighted by atomic mass is 32.2. The van der Waals surface area contributed by atoms with Crippen LogP contribution in [0.15, 0.2) is 38.4 Å². The van der Waals surface area contributed by atoms with Gasteiger partial charge in [-0.1, -0.05) is 63.7 Å². The van der Waals surface area contributed by atoms with E-state index in [1.54, 1.807) is 0 Å². The van der Waals surface area contributed by atoms with Gasteiger partial charge < -0.3 is 8.94 Å². The van der Waals surface area contributed by atoms with E-state index in [2.05, 4.69) is 53.2 Å². The van der Waals surface area contributed by atoms with Crippen molar-refractivity contribution < 1.29 is 8.94 Å². The van der Waals surface area contributed by atoms with Crippen molar-refractivity contribution in [3.05, 3.63) is 41.5 Å². The predicted octanol–water partition coefficient (Wildman–Crippen LogP) is 4.83. The van der Waals surface area contributed by atoms with Crippen LogP contribution in [0.5, 0.6) is 0 Å². The largest absolute Gasteiger partial charge is 0.411 e. The molecule has 2 heterocycles. The average Bonchev–Trinajstić information content (AvgIpc) is 3.22. The van der Waals surface area contributed by atoms with E-state index in [1.807, 2.05) is 26.0 Å². The van der Waals surface area contributed by atoms with Gasteiger partial charge in [0.1, 0.15) is 0 Å². The summed E-state index contributed by atoms with van der Waals surface area (Å²) in [5.74, 6) is 2.53. The summed E-state index contributed by atoms with van der Waals surface area (Å²) >= 11 is 1.38. The second-order valence-corrected chi connectivity index (χ2v) is 8.12. The third-order valence-corrected chi connectivity index (χ3v) is 4.53. The minimum absolute atomic E-state index is 0.118. The summed E-state index contributed by atoms with van der Waals surface area (Å²) in [5.41, 5.74) is 2.29. The van der Waals surface area contributed by atoms with Crippen molar-refractivity contribution in [2.75, 3.05) is 0 Å². The molecular weight excluding hydrogens is 336 g/mol. The fraction of sp³-hybridized carbons (Fsp3) is 0.444. The van der Waals surface area contributed by atoms with Crippen LogP contribution in [0.2, 0.25) is 0 Å². The van der Waals surface area contributed by atoms with Gasteiger partial charge in [-0.15, -0.1) is 10.2 Å². The number of thioether (sulfide) groups is 1. The van der Waals surface area contributed by atoms with Gasteiger partial charge in [0.25, 0.3) is 5.22 Å². The molecule has 0 aliphatic carbocycles. The van der Waals surface area contributed by atoms with Crippen LogP contribution in [0.1, 0.15) is 57.8 Å². The Kier molecular flexibility index (Phi) is 4.94. The lowest BCUT2D eigenvalue weighted by Gasteiger charge is -2.18. The highest BCUT2D eigenvalue weighted by Crippen LogP contribution is 2.28. The number of aromatic nitrogens is 4. The maximum Gasteiger partial charge on any atom is 0.277 e. The zero-order chi connectivity index (χ0) is 18.0. The molecule has 0 saturated heterocycles. The standard InChI is InChI=1S/C18H22N4O2S/c1-11(2)15-19-14(24-22-15)10-25-17-21-20-16(23-17)12-6-8-13(9-7-12)18(3,4)5/h6-9,11H,10H2,1-5H3. The smallest absolute Gasteiger partial charge is 0.277 e. The third kappa shape index (κ3) is 4.28. The Hall–Kier alpha value is -2.15. The third-order valence-electron chi connectivity index (χ3n) is 3.72. The first kappa shape index (κ1) is 17.7. The van der Waals surface area contributed by atoms with Crippen molar-refractivity contribution in [3.8, 4) is 11.5 Å². The number of rotatable bonds is 5. The highest BCUT2D eigenvalue weighted by Gasteiger charge is 2.16. The van der Waals surface area contributed by atoms with Crippen LogP contribution in [-0.2, 0) is 11.2 Å². The molecule has 2 aromatic heterocycles. The highest BCUT2D eigenvalue weighted by molar-refractivity contribution is 7.98. The number of hydrogen-bond donors (Lipinski definition) is 0. The Bertz CT molecular complexity index is 831. The first-order valence-electron chi connectivity index (χ1n) is 8.22. The summed E-state index contributed by atoms with van der Waals surface area (Å²) in [7, 11) is 0. The SMILES string of the molecule is CC(C)c1noc(CSc2nnc(-c3ccc(C(C)(C)C)cc3)o2)n1. The van der Waals surface area contributed by atoms with Crippen molar-refractivity contribution >= 4 is 11.8 Å². The van der Waals surface area contributed by atoms with Crippen molar-refractivity contribution in [1.29, 1.82) is 0 Å². The molecule has 0 aliphatic heterocycles. The van der Waals surface area contributed by atoms with E-state index in [4.69, 9.17) is 8.94 Å². The van der Waals surface area contributed by atoms with Gasteiger partial charge in [-0.25, -0.2) is 0 Å². The lowest BCUT2D eigenvalue weighted by atomic mass is 9.87. The summed E-state index contributed by atoms with van der Waals surface area (Å²) < 4.78 is 10.9. The van der Waals surface area contributed by atoms with Gasteiger partial charge in [0.2, 0.25) is 11.8 Å². The number of hydrogen-bond acceptors (Lipinski definition) is 7. The molecule has 0 aliphatic rings. The van der Waals surface area contributed by atoms with E-state index < -0.39 is 0 Å². The van der Waals surface area contributed by atoms with Crippen molar-refractivity contribution in [2.45, 2.75) is 56.9 Å². The maximum absolute atomic E-state index is 5.72. The van der Waals surface area contributed by atoms with Gasteiger partial charge in [-0.3, -0.25) is 0 Å². The van der Waals surface area contributed by atoms with Gasteiger partial charge in [-0.2, -0.15) is 4.98 Å². The molecule has 0 amide bonds. The van der Waals surface area contributed by atoms with Crippen LogP contribution in [0, 0.1) is 0 Å². The summed E-state index contributed by atoms with van der Waals surface area (Å²) in [5, 5.41) is 12.6. The zero-order valence-electron chi connectivity index (χ0n) is 15.1. The Balaban J connectivity index is 1.65. The normalized spacial score (nSPS) is 12.1. The average molecular weight is 358 g/mol. The fourth-order valence-electron chi connectivity index (χ4n) is 2.18. The molecule has 0 fully saturated rings. The molecule has 3 aromatic rings. The Labute approximate surface area is 151 Å². The van der Waals surface area contributed by atoms with E-state index in [9.17, 15) is 0 Å². The van der Waals surface area contributed by atoms with Crippen LogP contribution >= 0.6 is 11.8 Å². The van der Waals surface area contributed by atoms with Crippen LogP contribution in [0.4, 0.5) is 0 Å². The van der Waals surface area contributed by atoms with Gasteiger partial charge in [0, 0.05) is 11.5 Å².